The lowest BCUT2D eigenvalue weighted by Crippen LogP contribution is -2.34. The summed E-state index contributed by atoms with van der Waals surface area (Å²) in [4.78, 5) is 0. The van der Waals surface area contributed by atoms with Gasteiger partial charge < -0.3 is 10.1 Å². The fourth-order valence-corrected chi connectivity index (χ4v) is 1.89. The van der Waals surface area contributed by atoms with Crippen molar-refractivity contribution in [3.63, 3.8) is 0 Å². The monoisotopic (exact) mass is 249 g/mol. The third-order valence-electron chi connectivity index (χ3n) is 3.19. The van der Waals surface area contributed by atoms with Gasteiger partial charge in [-0.2, -0.15) is 0 Å². The van der Waals surface area contributed by atoms with Crippen LogP contribution < -0.4 is 5.32 Å². The topological polar surface area (TPSA) is 21.3 Å². The van der Waals surface area contributed by atoms with Crippen molar-refractivity contribution in [1.29, 1.82) is 0 Å². The van der Waals surface area contributed by atoms with Crippen LogP contribution in [0.25, 0.3) is 0 Å². The summed E-state index contributed by atoms with van der Waals surface area (Å²) < 4.78 is 5.53. The zero-order valence-corrected chi connectivity index (χ0v) is 12.0. The molecule has 0 unspecified atom stereocenters. The van der Waals surface area contributed by atoms with Crippen LogP contribution in [-0.4, -0.2) is 26.3 Å². The average Bonchev–Trinajstić information content (AvgIpc) is 2.39. The van der Waals surface area contributed by atoms with Gasteiger partial charge in [-0.3, -0.25) is 0 Å². The minimum absolute atomic E-state index is 0.171. The molecule has 0 spiro atoms. The molecular formula is C16H27NO. The molecular weight excluding hydrogens is 222 g/mol. The van der Waals surface area contributed by atoms with Crippen molar-refractivity contribution in [2.24, 2.45) is 0 Å². The van der Waals surface area contributed by atoms with Gasteiger partial charge in [0.05, 0.1) is 6.61 Å². The molecule has 0 aliphatic rings. The molecule has 0 atom stereocenters. The molecule has 0 bridgehead atoms. The number of hydrogen-bond acceptors (Lipinski definition) is 2. The smallest absolute Gasteiger partial charge is 0.0590 e. The number of rotatable bonds is 9. The third kappa shape index (κ3) is 5.65. The van der Waals surface area contributed by atoms with Crippen LogP contribution in [0.4, 0.5) is 0 Å². The van der Waals surface area contributed by atoms with Crippen LogP contribution >= 0.6 is 0 Å². The molecule has 0 saturated heterocycles. The molecule has 2 heteroatoms. The van der Waals surface area contributed by atoms with Gasteiger partial charge in [-0.05, 0) is 12.0 Å². The minimum Gasteiger partial charge on any atom is -0.380 e. The maximum atomic E-state index is 5.53. The largest absolute Gasteiger partial charge is 0.380 e. The maximum absolute atomic E-state index is 5.53. The van der Waals surface area contributed by atoms with Crippen LogP contribution in [0.2, 0.25) is 0 Å². The number of benzene rings is 1. The van der Waals surface area contributed by atoms with E-state index in [0.29, 0.717) is 0 Å². The van der Waals surface area contributed by atoms with Gasteiger partial charge in [0.15, 0.2) is 0 Å². The standard InChI is InChI=1S/C16H27NO/c1-4-5-12-18-13-11-17-14-16(2,3)15-9-7-6-8-10-15/h6-10,17H,4-5,11-14H2,1-3H3. The zero-order chi connectivity index (χ0) is 13.3. The lowest BCUT2D eigenvalue weighted by atomic mass is 9.85. The van der Waals surface area contributed by atoms with Crippen LogP contribution in [0.3, 0.4) is 0 Å². The van der Waals surface area contributed by atoms with Crippen molar-refractivity contribution >= 4 is 0 Å². The molecule has 0 saturated carbocycles. The van der Waals surface area contributed by atoms with Crippen molar-refractivity contribution in [1.82, 2.24) is 5.32 Å². The molecule has 0 aromatic heterocycles. The molecule has 0 heterocycles. The van der Waals surface area contributed by atoms with Crippen LogP contribution in [0, 0.1) is 0 Å². The molecule has 0 aliphatic heterocycles. The summed E-state index contributed by atoms with van der Waals surface area (Å²) in [6.07, 6.45) is 2.37. The number of nitrogens with one attached hydrogen (secondary N) is 1. The van der Waals surface area contributed by atoms with E-state index >= 15 is 0 Å². The Kier molecular flexibility index (Phi) is 6.99. The van der Waals surface area contributed by atoms with E-state index in [4.69, 9.17) is 4.74 Å². The quantitative estimate of drug-likeness (QED) is 0.678. The molecule has 1 N–H and O–H groups in total. The first-order chi connectivity index (χ1) is 8.67. The Balaban J connectivity index is 2.18. The number of ether oxygens (including phenoxy) is 1. The van der Waals surface area contributed by atoms with Crippen molar-refractivity contribution in [2.75, 3.05) is 26.3 Å². The fourth-order valence-electron chi connectivity index (χ4n) is 1.89. The Morgan fingerprint density at radius 1 is 1.11 bits per heavy atom. The Morgan fingerprint density at radius 3 is 2.50 bits per heavy atom. The normalized spacial score (nSPS) is 11.7. The number of unbranched alkanes of at least 4 members (excludes halogenated alkanes) is 1. The molecule has 0 amide bonds. The molecule has 102 valence electrons. The highest BCUT2D eigenvalue weighted by Gasteiger charge is 2.19. The second-order valence-electron chi connectivity index (χ2n) is 5.39. The molecule has 0 fully saturated rings. The summed E-state index contributed by atoms with van der Waals surface area (Å²) in [7, 11) is 0. The summed E-state index contributed by atoms with van der Waals surface area (Å²) >= 11 is 0. The Bertz CT molecular complexity index is 308. The van der Waals surface area contributed by atoms with Gasteiger partial charge in [-0.25, -0.2) is 0 Å². The summed E-state index contributed by atoms with van der Waals surface area (Å²) in [5.41, 5.74) is 1.55. The van der Waals surface area contributed by atoms with Gasteiger partial charge >= 0.3 is 0 Å². The predicted octanol–water partition coefficient (Wildman–Crippen LogP) is 3.37. The predicted molar refractivity (Wildman–Crippen MR) is 78.1 cm³/mol. The van der Waals surface area contributed by atoms with Crippen molar-refractivity contribution in [2.45, 2.75) is 39.0 Å². The maximum Gasteiger partial charge on any atom is 0.0590 e. The SMILES string of the molecule is CCCCOCCNCC(C)(C)c1ccccc1. The van der Waals surface area contributed by atoms with Crippen molar-refractivity contribution in [3.05, 3.63) is 35.9 Å². The van der Waals surface area contributed by atoms with Crippen LogP contribution in [-0.2, 0) is 10.2 Å². The van der Waals surface area contributed by atoms with Gasteiger partial charge in [0, 0.05) is 25.1 Å². The highest BCUT2D eigenvalue weighted by atomic mass is 16.5. The van der Waals surface area contributed by atoms with Gasteiger partial charge in [0.1, 0.15) is 0 Å². The average molecular weight is 249 g/mol. The highest BCUT2D eigenvalue weighted by Crippen LogP contribution is 2.21. The summed E-state index contributed by atoms with van der Waals surface area (Å²) in [6.45, 7) is 10.3. The fraction of sp³-hybridized carbons (Fsp3) is 0.625. The number of hydrogen-bond donors (Lipinski definition) is 1. The van der Waals surface area contributed by atoms with Crippen LogP contribution in [0.15, 0.2) is 30.3 Å². The van der Waals surface area contributed by atoms with E-state index in [9.17, 15) is 0 Å². The first kappa shape index (κ1) is 15.2. The highest BCUT2D eigenvalue weighted by molar-refractivity contribution is 5.23. The summed E-state index contributed by atoms with van der Waals surface area (Å²) in [6, 6.07) is 10.7. The lowest BCUT2D eigenvalue weighted by molar-refractivity contribution is 0.132. The molecule has 1 aromatic rings. The summed E-state index contributed by atoms with van der Waals surface area (Å²) in [5, 5.41) is 3.48. The molecule has 0 aliphatic carbocycles. The first-order valence-electron chi connectivity index (χ1n) is 7.01. The molecule has 0 radical (unpaired) electrons. The van der Waals surface area contributed by atoms with Crippen LogP contribution in [0.5, 0.6) is 0 Å². The lowest BCUT2D eigenvalue weighted by Gasteiger charge is -2.25. The van der Waals surface area contributed by atoms with E-state index in [1.165, 1.54) is 12.0 Å². The van der Waals surface area contributed by atoms with E-state index < -0.39 is 0 Å². The molecule has 18 heavy (non-hydrogen) atoms. The van der Waals surface area contributed by atoms with Gasteiger partial charge in [0.25, 0.3) is 0 Å². The van der Waals surface area contributed by atoms with E-state index in [2.05, 4.69) is 56.4 Å². The summed E-state index contributed by atoms with van der Waals surface area (Å²) in [5.74, 6) is 0. The van der Waals surface area contributed by atoms with E-state index in [1.54, 1.807) is 0 Å². The van der Waals surface area contributed by atoms with E-state index in [0.717, 1.165) is 32.7 Å². The molecule has 1 aromatic carbocycles. The Labute approximate surface area is 112 Å². The third-order valence-corrected chi connectivity index (χ3v) is 3.19. The van der Waals surface area contributed by atoms with Gasteiger partial charge in [-0.15, -0.1) is 0 Å². The second kappa shape index (κ2) is 8.28. The van der Waals surface area contributed by atoms with Crippen LogP contribution in [0.1, 0.15) is 39.2 Å². The van der Waals surface area contributed by atoms with Gasteiger partial charge in [0.2, 0.25) is 0 Å². The second-order valence-corrected chi connectivity index (χ2v) is 5.39. The van der Waals surface area contributed by atoms with Crippen molar-refractivity contribution < 1.29 is 4.74 Å². The minimum atomic E-state index is 0.171. The van der Waals surface area contributed by atoms with E-state index in [1.807, 2.05) is 0 Å². The van der Waals surface area contributed by atoms with E-state index in [-0.39, 0.29) is 5.41 Å². The Hall–Kier alpha value is -0.860. The van der Waals surface area contributed by atoms with Crippen molar-refractivity contribution in [3.8, 4) is 0 Å². The first-order valence-corrected chi connectivity index (χ1v) is 7.01. The molecule has 1 rings (SSSR count). The molecule has 2 nitrogen and oxygen atoms in total. The Morgan fingerprint density at radius 2 is 1.83 bits per heavy atom. The van der Waals surface area contributed by atoms with Gasteiger partial charge in [-0.1, -0.05) is 57.5 Å². The zero-order valence-electron chi connectivity index (χ0n) is 12.0.